The Hall–Kier alpha value is -1.72. The molecule has 2 aromatic heterocycles. The fraction of sp³-hybridized carbons (Fsp3) is 0.667. The molecule has 0 amide bonds. The van der Waals surface area contributed by atoms with Gasteiger partial charge in [0.05, 0.1) is 5.69 Å². The van der Waals surface area contributed by atoms with Crippen molar-refractivity contribution < 1.29 is 21.6 Å². The highest BCUT2D eigenvalue weighted by molar-refractivity contribution is 7.86. The van der Waals surface area contributed by atoms with E-state index in [1.807, 2.05) is 0 Å². The van der Waals surface area contributed by atoms with E-state index in [1.54, 1.807) is 19.9 Å². The monoisotopic (exact) mass is 431 g/mol. The first-order valence-corrected chi connectivity index (χ1v) is 11.2. The van der Waals surface area contributed by atoms with Crippen molar-refractivity contribution in [1.29, 1.82) is 0 Å². The predicted molar refractivity (Wildman–Crippen MR) is 101 cm³/mol. The SMILES string of the molecule is CC(C)c1cc(C(F)(F)F)n2nc(C3CCN(S(=O)(=O)N4CCCC4)C3)cc2n1. The summed E-state index contributed by atoms with van der Waals surface area (Å²) in [5, 5.41) is 4.17. The van der Waals surface area contributed by atoms with Gasteiger partial charge in [-0.15, -0.1) is 0 Å². The minimum Gasteiger partial charge on any atom is -0.233 e. The molecule has 2 aromatic rings. The lowest BCUT2D eigenvalue weighted by Gasteiger charge is -2.23. The standard InChI is InChI=1S/C18H24F3N5O2S/c1-12(2)14-9-16(18(19,20)21)26-17(22-14)10-15(23-26)13-5-8-25(11-13)29(27,28)24-6-3-4-7-24/h9-10,12-13H,3-8,11H2,1-2H3. The van der Waals surface area contributed by atoms with Gasteiger partial charge in [-0.1, -0.05) is 13.8 Å². The molecule has 2 aliphatic rings. The van der Waals surface area contributed by atoms with E-state index >= 15 is 0 Å². The molecule has 1 unspecified atom stereocenters. The number of halogens is 3. The molecule has 2 fully saturated rings. The van der Waals surface area contributed by atoms with Gasteiger partial charge in [0.15, 0.2) is 5.65 Å². The van der Waals surface area contributed by atoms with Gasteiger partial charge in [-0.2, -0.15) is 35.3 Å². The van der Waals surface area contributed by atoms with Crippen LogP contribution in [-0.4, -0.2) is 57.8 Å². The molecule has 29 heavy (non-hydrogen) atoms. The molecule has 0 radical (unpaired) electrons. The Labute approximate surface area is 167 Å². The average Bonchev–Trinajstić information content (AvgIpc) is 3.38. The number of aromatic nitrogens is 3. The zero-order valence-electron chi connectivity index (χ0n) is 16.4. The van der Waals surface area contributed by atoms with Crippen molar-refractivity contribution >= 4 is 15.9 Å². The number of hydrogen-bond acceptors (Lipinski definition) is 4. The summed E-state index contributed by atoms with van der Waals surface area (Å²) < 4.78 is 69.9. The number of rotatable bonds is 4. The lowest BCUT2D eigenvalue weighted by Crippen LogP contribution is -2.41. The normalized spacial score (nSPS) is 22.3. The quantitative estimate of drug-likeness (QED) is 0.746. The lowest BCUT2D eigenvalue weighted by atomic mass is 10.1. The molecule has 2 aliphatic heterocycles. The third kappa shape index (κ3) is 3.75. The van der Waals surface area contributed by atoms with Crippen LogP contribution in [0.4, 0.5) is 13.2 Å². The van der Waals surface area contributed by atoms with Crippen LogP contribution in [0, 0.1) is 0 Å². The highest BCUT2D eigenvalue weighted by Gasteiger charge is 2.39. The second-order valence-electron chi connectivity index (χ2n) is 8.02. The Morgan fingerprint density at radius 1 is 1.10 bits per heavy atom. The molecule has 0 N–H and O–H groups in total. The lowest BCUT2D eigenvalue weighted by molar-refractivity contribution is -0.142. The Bertz CT molecular complexity index is 1010. The number of nitrogens with zero attached hydrogens (tertiary/aromatic N) is 5. The maximum Gasteiger partial charge on any atom is 0.433 e. The molecule has 0 aromatic carbocycles. The van der Waals surface area contributed by atoms with Gasteiger partial charge in [-0.3, -0.25) is 0 Å². The van der Waals surface area contributed by atoms with Gasteiger partial charge in [0.1, 0.15) is 5.69 Å². The van der Waals surface area contributed by atoms with Gasteiger partial charge in [-0.25, -0.2) is 9.50 Å². The molecular weight excluding hydrogens is 407 g/mol. The van der Waals surface area contributed by atoms with Gasteiger partial charge >= 0.3 is 6.18 Å². The van der Waals surface area contributed by atoms with Crippen LogP contribution in [0.1, 0.15) is 62.0 Å². The molecule has 1 atom stereocenters. The van der Waals surface area contributed by atoms with Gasteiger partial charge in [-0.05, 0) is 31.2 Å². The Kier molecular flexibility index (Phi) is 5.11. The van der Waals surface area contributed by atoms with Crippen molar-refractivity contribution in [3.05, 3.63) is 29.2 Å². The van der Waals surface area contributed by atoms with Crippen LogP contribution in [0.15, 0.2) is 12.1 Å². The zero-order valence-corrected chi connectivity index (χ0v) is 17.2. The first-order valence-electron chi connectivity index (χ1n) is 9.80. The maximum absolute atomic E-state index is 13.6. The molecule has 160 valence electrons. The van der Waals surface area contributed by atoms with E-state index in [2.05, 4.69) is 10.1 Å². The predicted octanol–water partition coefficient (Wildman–Crippen LogP) is 3.00. The Morgan fingerprint density at radius 2 is 1.79 bits per heavy atom. The van der Waals surface area contributed by atoms with Gasteiger partial charge < -0.3 is 0 Å². The number of hydrogen-bond donors (Lipinski definition) is 0. The van der Waals surface area contributed by atoms with E-state index in [1.165, 1.54) is 8.61 Å². The fourth-order valence-corrected chi connectivity index (χ4v) is 5.72. The second kappa shape index (κ2) is 7.21. The molecule has 4 heterocycles. The molecule has 0 bridgehead atoms. The largest absolute Gasteiger partial charge is 0.433 e. The maximum atomic E-state index is 13.6. The zero-order chi connectivity index (χ0) is 21.0. The minimum atomic E-state index is -4.56. The molecular formula is C18H24F3N5O2S. The summed E-state index contributed by atoms with van der Waals surface area (Å²) in [6, 6.07) is 2.59. The van der Waals surface area contributed by atoms with Crippen LogP contribution in [0.2, 0.25) is 0 Å². The summed E-state index contributed by atoms with van der Waals surface area (Å²) in [5.41, 5.74) is 0.0697. The smallest absolute Gasteiger partial charge is 0.233 e. The van der Waals surface area contributed by atoms with Gasteiger partial charge in [0, 0.05) is 43.9 Å². The van der Waals surface area contributed by atoms with Crippen molar-refractivity contribution in [3.63, 3.8) is 0 Å². The average molecular weight is 431 g/mol. The van der Waals surface area contributed by atoms with Crippen LogP contribution in [-0.2, 0) is 16.4 Å². The summed E-state index contributed by atoms with van der Waals surface area (Å²) in [5.74, 6) is -0.412. The molecule has 4 rings (SSSR count). The van der Waals surface area contributed by atoms with Gasteiger partial charge in [0.2, 0.25) is 0 Å². The summed E-state index contributed by atoms with van der Waals surface area (Å²) in [7, 11) is -3.52. The molecule has 2 saturated heterocycles. The molecule has 0 aliphatic carbocycles. The summed E-state index contributed by atoms with van der Waals surface area (Å²) in [4.78, 5) is 4.33. The fourth-order valence-electron chi connectivity index (χ4n) is 3.97. The summed E-state index contributed by atoms with van der Waals surface area (Å²) in [6.07, 6.45) is -2.33. The van der Waals surface area contributed by atoms with E-state index in [0.29, 0.717) is 37.4 Å². The van der Waals surface area contributed by atoms with Crippen LogP contribution < -0.4 is 0 Å². The van der Waals surface area contributed by atoms with Gasteiger partial charge in [0.25, 0.3) is 10.2 Å². The van der Waals surface area contributed by atoms with Crippen LogP contribution in [0.3, 0.4) is 0 Å². The van der Waals surface area contributed by atoms with Crippen molar-refractivity contribution in [2.45, 2.75) is 51.1 Å². The molecule has 11 heteroatoms. The van der Waals surface area contributed by atoms with Crippen molar-refractivity contribution in [2.75, 3.05) is 26.2 Å². The van der Waals surface area contributed by atoms with Crippen molar-refractivity contribution in [2.24, 2.45) is 0 Å². The molecule has 0 saturated carbocycles. The van der Waals surface area contributed by atoms with Crippen LogP contribution in [0.5, 0.6) is 0 Å². The van der Waals surface area contributed by atoms with E-state index in [0.717, 1.165) is 23.4 Å². The first kappa shape index (κ1) is 20.5. The topological polar surface area (TPSA) is 70.8 Å². The second-order valence-corrected chi connectivity index (χ2v) is 9.94. The van der Waals surface area contributed by atoms with Crippen molar-refractivity contribution in [3.8, 4) is 0 Å². The van der Waals surface area contributed by atoms with E-state index in [-0.39, 0.29) is 24.0 Å². The van der Waals surface area contributed by atoms with Crippen LogP contribution >= 0.6 is 0 Å². The molecule has 7 nitrogen and oxygen atoms in total. The highest BCUT2D eigenvalue weighted by atomic mass is 32.2. The highest BCUT2D eigenvalue weighted by Crippen LogP contribution is 2.34. The number of fused-ring (bicyclic) bond motifs is 1. The van der Waals surface area contributed by atoms with Crippen LogP contribution in [0.25, 0.3) is 5.65 Å². The van der Waals surface area contributed by atoms with E-state index < -0.39 is 22.1 Å². The Balaban J connectivity index is 1.65. The summed E-state index contributed by atoms with van der Waals surface area (Å²) >= 11 is 0. The Morgan fingerprint density at radius 3 is 2.41 bits per heavy atom. The number of alkyl halides is 3. The third-order valence-electron chi connectivity index (χ3n) is 5.63. The first-order chi connectivity index (χ1) is 13.6. The van der Waals surface area contributed by atoms with E-state index in [9.17, 15) is 21.6 Å². The van der Waals surface area contributed by atoms with Crippen molar-refractivity contribution in [1.82, 2.24) is 23.2 Å². The minimum absolute atomic E-state index is 0.138. The third-order valence-corrected chi connectivity index (χ3v) is 7.64. The van der Waals surface area contributed by atoms with E-state index in [4.69, 9.17) is 0 Å². The molecule has 0 spiro atoms. The summed E-state index contributed by atoms with van der Waals surface area (Å²) in [6.45, 7) is 5.18.